The first-order valence-electron chi connectivity index (χ1n) is 3.36. The average Bonchev–Trinajstić information content (AvgIpc) is 1.99. The van der Waals surface area contributed by atoms with E-state index in [0.717, 1.165) is 6.54 Å². The average molecular weight is 138 g/mol. The van der Waals surface area contributed by atoms with Crippen LogP contribution in [0.4, 0.5) is 0 Å². The van der Waals surface area contributed by atoms with E-state index in [0.29, 0.717) is 5.84 Å². The number of amidine groups is 1. The molecule has 10 heavy (non-hydrogen) atoms. The van der Waals surface area contributed by atoms with Gasteiger partial charge < -0.3 is 4.90 Å². The van der Waals surface area contributed by atoms with Crippen LogP contribution in [0, 0.1) is 5.41 Å². The third-order valence-electron chi connectivity index (χ3n) is 1.17. The number of rotatable bonds is 3. The standard InChI is InChI=1S/C8H14N2/c1-4-7-10(6-3)8(9)5-2/h4-5,7,9H,2,6H2,1,3H3. The Kier molecular flexibility index (Phi) is 4.29. The van der Waals surface area contributed by atoms with Crippen molar-refractivity contribution in [1.82, 2.24) is 4.90 Å². The first kappa shape index (κ1) is 8.95. The summed E-state index contributed by atoms with van der Waals surface area (Å²) < 4.78 is 0. The molecule has 2 nitrogen and oxygen atoms in total. The van der Waals surface area contributed by atoms with E-state index < -0.39 is 0 Å². The maximum Gasteiger partial charge on any atom is 0.124 e. The minimum absolute atomic E-state index is 0.445. The molecule has 0 saturated heterocycles. The van der Waals surface area contributed by atoms with Crippen LogP contribution in [0.2, 0.25) is 0 Å². The van der Waals surface area contributed by atoms with Gasteiger partial charge in [0.05, 0.1) is 0 Å². The molecule has 0 heterocycles. The van der Waals surface area contributed by atoms with E-state index in [4.69, 9.17) is 5.41 Å². The van der Waals surface area contributed by atoms with Gasteiger partial charge in [0, 0.05) is 12.7 Å². The number of allylic oxidation sites excluding steroid dienone is 1. The maximum atomic E-state index is 7.35. The molecule has 0 saturated carbocycles. The van der Waals surface area contributed by atoms with E-state index >= 15 is 0 Å². The summed E-state index contributed by atoms with van der Waals surface area (Å²) in [6.45, 7) is 8.25. The Morgan fingerprint density at radius 3 is 2.60 bits per heavy atom. The molecule has 56 valence electrons. The maximum absolute atomic E-state index is 7.35. The summed E-state index contributed by atoms with van der Waals surface area (Å²) in [5.41, 5.74) is 0. The first-order valence-corrected chi connectivity index (χ1v) is 3.36. The van der Waals surface area contributed by atoms with Crippen molar-refractivity contribution in [2.24, 2.45) is 0 Å². The number of nitrogens with zero attached hydrogens (tertiary/aromatic N) is 1. The Morgan fingerprint density at radius 1 is 1.70 bits per heavy atom. The Labute approximate surface area is 62.4 Å². The summed E-state index contributed by atoms with van der Waals surface area (Å²) in [4.78, 5) is 1.81. The zero-order valence-electron chi connectivity index (χ0n) is 6.59. The second-order valence-corrected chi connectivity index (χ2v) is 1.86. The van der Waals surface area contributed by atoms with Gasteiger partial charge in [0.15, 0.2) is 0 Å². The van der Waals surface area contributed by atoms with Crippen molar-refractivity contribution in [3.05, 3.63) is 24.9 Å². The summed E-state index contributed by atoms with van der Waals surface area (Å²) in [7, 11) is 0. The zero-order chi connectivity index (χ0) is 7.98. The normalized spacial score (nSPS) is 9.80. The van der Waals surface area contributed by atoms with Gasteiger partial charge >= 0.3 is 0 Å². The fourth-order valence-corrected chi connectivity index (χ4v) is 0.653. The molecular weight excluding hydrogens is 124 g/mol. The second kappa shape index (κ2) is 4.79. The van der Waals surface area contributed by atoms with E-state index in [1.165, 1.54) is 6.08 Å². The smallest absolute Gasteiger partial charge is 0.124 e. The lowest BCUT2D eigenvalue weighted by molar-refractivity contribution is 0.588. The monoisotopic (exact) mass is 138 g/mol. The Balaban J connectivity index is 4.05. The van der Waals surface area contributed by atoms with Gasteiger partial charge in [0.2, 0.25) is 0 Å². The molecule has 1 N–H and O–H groups in total. The quantitative estimate of drug-likeness (QED) is 0.468. The molecular formula is C8H14N2. The molecule has 0 aromatic carbocycles. The van der Waals surface area contributed by atoms with Crippen LogP contribution in [0.1, 0.15) is 13.8 Å². The lowest BCUT2D eigenvalue weighted by atomic mass is 10.4. The van der Waals surface area contributed by atoms with Crippen LogP contribution in [0.3, 0.4) is 0 Å². The van der Waals surface area contributed by atoms with Crippen LogP contribution < -0.4 is 0 Å². The van der Waals surface area contributed by atoms with Gasteiger partial charge in [-0.15, -0.1) is 0 Å². The van der Waals surface area contributed by atoms with Gasteiger partial charge in [0.25, 0.3) is 0 Å². The molecule has 0 amide bonds. The van der Waals surface area contributed by atoms with Gasteiger partial charge in [-0.1, -0.05) is 12.7 Å². The molecule has 0 spiro atoms. The summed E-state index contributed by atoms with van der Waals surface area (Å²) in [6, 6.07) is 0. The summed E-state index contributed by atoms with van der Waals surface area (Å²) in [5, 5.41) is 7.35. The lowest BCUT2D eigenvalue weighted by Gasteiger charge is -2.15. The van der Waals surface area contributed by atoms with Gasteiger partial charge in [-0.25, -0.2) is 0 Å². The molecule has 0 radical (unpaired) electrons. The molecule has 0 bridgehead atoms. The van der Waals surface area contributed by atoms with Crippen LogP contribution in [-0.2, 0) is 0 Å². The van der Waals surface area contributed by atoms with Crippen LogP contribution in [0.15, 0.2) is 24.9 Å². The van der Waals surface area contributed by atoms with E-state index in [2.05, 4.69) is 6.58 Å². The number of hydrogen-bond acceptors (Lipinski definition) is 1. The minimum atomic E-state index is 0.445. The van der Waals surface area contributed by atoms with E-state index in [9.17, 15) is 0 Å². The van der Waals surface area contributed by atoms with Gasteiger partial charge in [-0.3, -0.25) is 5.41 Å². The molecule has 0 aliphatic carbocycles. The van der Waals surface area contributed by atoms with Crippen molar-refractivity contribution in [2.75, 3.05) is 6.54 Å². The van der Waals surface area contributed by atoms with Gasteiger partial charge in [0.1, 0.15) is 5.84 Å². The van der Waals surface area contributed by atoms with Crippen molar-refractivity contribution < 1.29 is 0 Å². The zero-order valence-corrected chi connectivity index (χ0v) is 6.59. The van der Waals surface area contributed by atoms with Crippen molar-refractivity contribution in [2.45, 2.75) is 13.8 Å². The van der Waals surface area contributed by atoms with Crippen molar-refractivity contribution in [3.63, 3.8) is 0 Å². The molecule has 0 unspecified atom stereocenters. The second-order valence-electron chi connectivity index (χ2n) is 1.86. The molecule has 0 aromatic rings. The predicted octanol–water partition coefficient (Wildman–Crippen LogP) is 2.01. The molecule has 0 atom stereocenters. The van der Waals surface area contributed by atoms with Crippen LogP contribution >= 0.6 is 0 Å². The number of nitrogens with one attached hydrogen (secondary N) is 1. The van der Waals surface area contributed by atoms with E-state index in [-0.39, 0.29) is 0 Å². The molecule has 0 aromatic heterocycles. The predicted molar refractivity (Wildman–Crippen MR) is 45.1 cm³/mol. The third-order valence-corrected chi connectivity index (χ3v) is 1.17. The SMILES string of the molecule is C=CC(=N)N(C=CC)CC. The fourth-order valence-electron chi connectivity index (χ4n) is 0.653. The Bertz CT molecular complexity index is 147. The molecule has 2 heteroatoms. The number of likely N-dealkylation sites (N-methyl/N-ethyl adjacent to an activating group) is 1. The highest BCUT2D eigenvalue weighted by Gasteiger charge is 1.96. The first-order chi connectivity index (χ1) is 4.76. The highest BCUT2D eigenvalue weighted by Crippen LogP contribution is 1.91. The largest absolute Gasteiger partial charge is 0.334 e. The highest BCUT2D eigenvalue weighted by molar-refractivity contribution is 5.90. The Morgan fingerprint density at radius 2 is 2.30 bits per heavy atom. The van der Waals surface area contributed by atoms with Crippen molar-refractivity contribution >= 4 is 5.84 Å². The summed E-state index contributed by atoms with van der Waals surface area (Å²) >= 11 is 0. The molecule has 0 aliphatic heterocycles. The molecule has 0 rings (SSSR count). The van der Waals surface area contributed by atoms with E-state index in [1.807, 2.05) is 31.0 Å². The van der Waals surface area contributed by atoms with Crippen molar-refractivity contribution in [3.8, 4) is 0 Å². The molecule has 0 fully saturated rings. The lowest BCUT2D eigenvalue weighted by Crippen LogP contribution is -2.22. The van der Waals surface area contributed by atoms with Crippen LogP contribution in [-0.4, -0.2) is 17.3 Å². The summed E-state index contributed by atoms with van der Waals surface area (Å²) in [6.07, 6.45) is 5.30. The van der Waals surface area contributed by atoms with Crippen LogP contribution in [0.25, 0.3) is 0 Å². The van der Waals surface area contributed by atoms with Gasteiger partial charge in [-0.05, 0) is 19.9 Å². The third kappa shape index (κ3) is 2.49. The highest BCUT2D eigenvalue weighted by atomic mass is 15.1. The number of hydrogen-bond donors (Lipinski definition) is 1. The van der Waals surface area contributed by atoms with Crippen LogP contribution in [0.5, 0.6) is 0 Å². The molecule has 0 aliphatic rings. The topological polar surface area (TPSA) is 27.1 Å². The minimum Gasteiger partial charge on any atom is -0.334 e. The Hall–Kier alpha value is -1.05. The fraction of sp³-hybridized carbons (Fsp3) is 0.375. The van der Waals surface area contributed by atoms with E-state index in [1.54, 1.807) is 0 Å². The summed E-state index contributed by atoms with van der Waals surface area (Å²) in [5.74, 6) is 0.445. The van der Waals surface area contributed by atoms with Gasteiger partial charge in [-0.2, -0.15) is 0 Å². The van der Waals surface area contributed by atoms with Crippen molar-refractivity contribution in [1.29, 1.82) is 5.41 Å².